The Hall–Kier alpha value is -6.72. The van der Waals surface area contributed by atoms with E-state index >= 15 is 0 Å². The Kier molecular flexibility index (Phi) is 7.55. The van der Waals surface area contributed by atoms with Gasteiger partial charge in [-0.2, -0.15) is 0 Å². The normalized spacial score (nSPS) is 12.1. The van der Waals surface area contributed by atoms with Crippen LogP contribution in [0.3, 0.4) is 0 Å². The highest BCUT2D eigenvalue weighted by Gasteiger charge is 2.19. The number of fused-ring (bicyclic) bond motifs is 8. The van der Waals surface area contributed by atoms with Gasteiger partial charge in [-0.3, -0.25) is 0 Å². The summed E-state index contributed by atoms with van der Waals surface area (Å²) in [7, 11) is 0. The van der Waals surface area contributed by atoms with Gasteiger partial charge in [0.05, 0.1) is 22.8 Å². The van der Waals surface area contributed by atoms with Crippen LogP contribution < -0.4 is 0 Å². The van der Waals surface area contributed by atoms with Crippen LogP contribution in [0.15, 0.2) is 121 Å². The second kappa shape index (κ2) is 12.6. The van der Waals surface area contributed by atoms with Gasteiger partial charge in [0.1, 0.15) is 5.75 Å². The van der Waals surface area contributed by atoms with Gasteiger partial charge in [-0.15, -0.1) is 0 Å². The van der Waals surface area contributed by atoms with Crippen molar-refractivity contribution in [2.75, 3.05) is 0 Å². The smallest absolute Gasteiger partial charge is 0.116 e. The number of aromatic amines is 2. The Bertz CT molecular complexity index is 2600. The summed E-state index contributed by atoms with van der Waals surface area (Å²) in [5.74, 6) is 0.206. The number of rotatable bonds is 4. The van der Waals surface area contributed by atoms with Crippen LogP contribution >= 0.6 is 0 Å². The SMILES string of the molecule is Cc1ccc(-c2c3nc(c(-c4ccc(C)cc4)c4ccc([nH]4)c(-c4cccc(O)c4)c4ccc([nH]4)c(-c4ccc(C)cc4)c4nc2C=C4)C=C3)cc1. The number of aryl methyl sites for hydroxylation is 3. The van der Waals surface area contributed by atoms with Crippen LogP contribution in [0.5, 0.6) is 5.75 Å². The Balaban J connectivity index is 1.47. The van der Waals surface area contributed by atoms with Crippen molar-refractivity contribution in [2.45, 2.75) is 20.8 Å². The van der Waals surface area contributed by atoms with Crippen LogP contribution in [0, 0.1) is 20.8 Å². The van der Waals surface area contributed by atoms with Gasteiger partial charge in [-0.05, 0) is 104 Å². The van der Waals surface area contributed by atoms with Crippen molar-refractivity contribution in [1.29, 1.82) is 0 Å². The first-order chi connectivity index (χ1) is 25.4. The maximum absolute atomic E-state index is 10.6. The lowest BCUT2D eigenvalue weighted by Crippen LogP contribution is -1.91. The monoisotopic (exact) mass is 672 g/mol. The van der Waals surface area contributed by atoms with E-state index in [9.17, 15) is 5.11 Å². The maximum Gasteiger partial charge on any atom is 0.116 e. The molecule has 3 N–H and O–H groups in total. The summed E-state index contributed by atoms with van der Waals surface area (Å²) in [6.07, 6.45) is 8.45. The molecular formula is C47H36N4O. The van der Waals surface area contributed by atoms with Crippen LogP contribution in [-0.4, -0.2) is 25.0 Å². The molecule has 7 aromatic rings. The summed E-state index contributed by atoms with van der Waals surface area (Å²) in [4.78, 5) is 18.3. The third-order valence-electron chi connectivity index (χ3n) is 9.91. The third kappa shape index (κ3) is 5.62. The molecule has 2 aliphatic rings. The number of aromatic hydroxyl groups is 1. The molecule has 8 bridgehead atoms. The van der Waals surface area contributed by atoms with E-state index in [1.54, 1.807) is 6.07 Å². The van der Waals surface area contributed by atoms with Crippen LogP contribution in [-0.2, 0) is 0 Å². The van der Waals surface area contributed by atoms with E-state index in [1.165, 1.54) is 16.7 Å². The molecule has 2 aliphatic heterocycles. The van der Waals surface area contributed by atoms with Crippen molar-refractivity contribution in [3.05, 3.63) is 161 Å². The summed E-state index contributed by atoms with van der Waals surface area (Å²) < 4.78 is 0. The molecule has 0 atom stereocenters. The number of nitrogens with zero attached hydrogens (tertiary/aromatic N) is 2. The molecule has 0 aliphatic carbocycles. The van der Waals surface area contributed by atoms with Crippen LogP contribution in [0.25, 0.3) is 90.9 Å². The number of hydrogen-bond donors (Lipinski definition) is 3. The van der Waals surface area contributed by atoms with Gasteiger partial charge in [-0.25, -0.2) is 9.97 Å². The molecule has 52 heavy (non-hydrogen) atoms. The highest BCUT2D eigenvalue weighted by Crippen LogP contribution is 2.39. The molecule has 5 nitrogen and oxygen atoms in total. The number of phenolic OH excluding ortho intramolecular Hbond substituents is 1. The first-order valence-corrected chi connectivity index (χ1v) is 17.5. The molecule has 3 aromatic heterocycles. The zero-order valence-corrected chi connectivity index (χ0v) is 29.2. The van der Waals surface area contributed by atoms with Crippen molar-refractivity contribution < 1.29 is 5.11 Å². The molecule has 9 rings (SSSR count). The van der Waals surface area contributed by atoms with E-state index in [-0.39, 0.29) is 5.75 Å². The molecule has 5 heteroatoms. The van der Waals surface area contributed by atoms with Crippen molar-refractivity contribution in [1.82, 2.24) is 19.9 Å². The molecule has 0 saturated heterocycles. The summed E-state index contributed by atoms with van der Waals surface area (Å²) in [6, 6.07) is 41.7. The van der Waals surface area contributed by atoms with E-state index in [4.69, 9.17) is 9.97 Å². The Morgan fingerprint density at radius 2 is 0.750 bits per heavy atom. The van der Waals surface area contributed by atoms with Crippen LogP contribution in [0.2, 0.25) is 0 Å². The topological polar surface area (TPSA) is 77.6 Å². The Labute approximate surface area is 302 Å². The molecular weight excluding hydrogens is 637 g/mol. The number of hydrogen-bond acceptors (Lipinski definition) is 3. The van der Waals surface area contributed by atoms with E-state index in [2.05, 4.69) is 152 Å². The molecule has 250 valence electrons. The van der Waals surface area contributed by atoms with Crippen molar-refractivity contribution >= 4 is 46.4 Å². The number of phenols is 1. The molecule has 0 fully saturated rings. The molecule has 0 radical (unpaired) electrons. The minimum absolute atomic E-state index is 0.206. The zero-order valence-electron chi connectivity index (χ0n) is 29.2. The summed E-state index contributed by atoms with van der Waals surface area (Å²) in [5, 5.41) is 10.6. The number of H-pyrrole nitrogens is 2. The Morgan fingerprint density at radius 3 is 1.15 bits per heavy atom. The minimum atomic E-state index is 0.206. The van der Waals surface area contributed by atoms with Crippen LogP contribution in [0.4, 0.5) is 0 Å². The van der Waals surface area contributed by atoms with Crippen molar-refractivity contribution in [2.24, 2.45) is 0 Å². The zero-order chi connectivity index (χ0) is 35.3. The molecule has 0 saturated carbocycles. The largest absolute Gasteiger partial charge is 0.508 e. The Morgan fingerprint density at radius 1 is 0.385 bits per heavy atom. The second-order valence-corrected chi connectivity index (χ2v) is 13.7. The summed E-state index contributed by atoms with van der Waals surface area (Å²) in [5.41, 5.74) is 18.7. The highest BCUT2D eigenvalue weighted by molar-refractivity contribution is 6.00. The quantitative estimate of drug-likeness (QED) is 0.174. The van der Waals surface area contributed by atoms with E-state index in [0.29, 0.717) is 0 Å². The third-order valence-corrected chi connectivity index (χ3v) is 9.91. The standard InChI is InChI=1S/C47H36N4O/c1-28-7-13-31(14-8-28)44-36-19-21-38(48-36)45(32-15-9-29(2)10-16-32)40-23-25-42(50-40)47(34-5-4-6-35(52)27-34)43-26-24-41(51-43)46(39-22-20-37(44)49-39)33-17-11-30(3)12-18-33/h4-27,50-52H,1-3H3. The van der Waals surface area contributed by atoms with Gasteiger partial charge in [0, 0.05) is 44.3 Å². The molecule has 0 amide bonds. The van der Waals surface area contributed by atoms with E-state index in [1.807, 2.05) is 18.2 Å². The minimum Gasteiger partial charge on any atom is -0.508 e. The van der Waals surface area contributed by atoms with Crippen LogP contribution in [0.1, 0.15) is 39.5 Å². The average molecular weight is 673 g/mol. The van der Waals surface area contributed by atoms with Gasteiger partial charge in [0.15, 0.2) is 0 Å². The van der Waals surface area contributed by atoms with Crippen molar-refractivity contribution in [3.8, 4) is 50.3 Å². The number of aromatic nitrogens is 4. The fourth-order valence-electron chi connectivity index (χ4n) is 7.24. The lowest BCUT2D eigenvalue weighted by atomic mass is 10.0. The van der Waals surface area contributed by atoms with Gasteiger partial charge in [0.2, 0.25) is 0 Å². The van der Waals surface area contributed by atoms with Gasteiger partial charge in [0.25, 0.3) is 0 Å². The van der Waals surface area contributed by atoms with E-state index < -0.39 is 0 Å². The average Bonchev–Trinajstić information content (AvgIpc) is 3.98. The first kappa shape index (κ1) is 31.3. The van der Waals surface area contributed by atoms with Crippen molar-refractivity contribution in [3.63, 3.8) is 0 Å². The predicted molar refractivity (Wildman–Crippen MR) is 216 cm³/mol. The van der Waals surface area contributed by atoms with Gasteiger partial charge >= 0.3 is 0 Å². The van der Waals surface area contributed by atoms with Gasteiger partial charge < -0.3 is 15.1 Å². The molecule has 0 unspecified atom stereocenters. The summed E-state index contributed by atoms with van der Waals surface area (Å²) in [6.45, 7) is 6.31. The second-order valence-electron chi connectivity index (χ2n) is 13.7. The fraction of sp³-hybridized carbons (Fsp3) is 0.0638. The molecule has 0 spiro atoms. The first-order valence-electron chi connectivity index (χ1n) is 17.5. The molecule has 4 aromatic carbocycles. The highest BCUT2D eigenvalue weighted by atomic mass is 16.3. The maximum atomic E-state index is 10.6. The summed E-state index contributed by atoms with van der Waals surface area (Å²) >= 11 is 0. The number of benzene rings is 4. The van der Waals surface area contributed by atoms with Gasteiger partial charge in [-0.1, -0.05) is 102 Å². The fourth-order valence-corrected chi connectivity index (χ4v) is 7.24. The lowest BCUT2D eigenvalue weighted by molar-refractivity contribution is 0.475. The number of nitrogens with one attached hydrogen (secondary N) is 2. The molecule has 5 heterocycles. The lowest BCUT2D eigenvalue weighted by Gasteiger charge is -2.08. The predicted octanol–water partition coefficient (Wildman–Crippen LogP) is 12.0. The van der Waals surface area contributed by atoms with E-state index in [0.717, 1.165) is 89.4 Å².